The van der Waals surface area contributed by atoms with Gasteiger partial charge in [0.1, 0.15) is 6.17 Å². The predicted molar refractivity (Wildman–Crippen MR) is 34.3 cm³/mol. The Morgan fingerprint density at radius 2 is 2.44 bits per heavy atom. The molecular formula is C5H6N4. The van der Waals surface area contributed by atoms with Gasteiger partial charge in [-0.25, -0.2) is 0 Å². The molecule has 1 N–H and O–H groups in total. The number of azide groups is 1. The van der Waals surface area contributed by atoms with Gasteiger partial charge < -0.3 is 5.32 Å². The van der Waals surface area contributed by atoms with E-state index in [9.17, 15) is 0 Å². The van der Waals surface area contributed by atoms with Crippen molar-refractivity contribution in [3.8, 4) is 0 Å². The molecule has 0 aliphatic carbocycles. The molecule has 0 fully saturated rings. The SMILES string of the molecule is [N-]=[N+]=NC1C=CC=CN1. The molecule has 0 bridgehead atoms. The number of allylic oxidation sites excluding steroid dienone is 2. The number of hydrogen-bond donors (Lipinski definition) is 1. The van der Waals surface area contributed by atoms with E-state index < -0.39 is 0 Å². The third kappa shape index (κ3) is 1.51. The van der Waals surface area contributed by atoms with Crippen molar-refractivity contribution in [3.05, 3.63) is 34.9 Å². The summed E-state index contributed by atoms with van der Waals surface area (Å²) >= 11 is 0. The van der Waals surface area contributed by atoms with E-state index in [4.69, 9.17) is 5.53 Å². The maximum atomic E-state index is 7.98. The van der Waals surface area contributed by atoms with Gasteiger partial charge in [-0.2, -0.15) is 0 Å². The molecular weight excluding hydrogens is 116 g/mol. The lowest BCUT2D eigenvalue weighted by Gasteiger charge is -2.07. The van der Waals surface area contributed by atoms with Crippen molar-refractivity contribution < 1.29 is 0 Å². The van der Waals surface area contributed by atoms with Crippen molar-refractivity contribution in [1.29, 1.82) is 0 Å². The summed E-state index contributed by atoms with van der Waals surface area (Å²) in [6, 6.07) is 0. The van der Waals surface area contributed by atoms with E-state index in [2.05, 4.69) is 15.3 Å². The highest BCUT2D eigenvalue weighted by atomic mass is 15.2. The smallest absolute Gasteiger partial charge is 0.124 e. The van der Waals surface area contributed by atoms with Crippen LogP contribution in [-0.4, -0.2) is 6.17 Å². The molecule has 4 nitrogen and oxygen atoms in total. The van der Waals surface area contributed by atoms with E-state index in [1.165, 1.54) is 0 Å². The Morgan fingerprint density at radius 1 is 1.56 bits per heavy atom. The standard InChI is InChI=1S/C5H6N4/c6-9-8-5-3-1-2-4-7-5/h1-5,7H. The fourth-order valence-corrected chi connectivity index (χ4v) is 0.562. The molecule has 0 aromatic rings. The topological polar surface area (TPSA) is 60.8 Å². The number of dihydropyridines is 1. The highest BCUT2D eigenvalue weighted by Crippen LogP contribution is 1.94. The number of rotatable bonds is 1. The summed E-state index contributed by atoms with van der Waals surface area (Å²) in [5, 5.41) is 6.25. The van der Waals surface area contributed by atoms with Gasteiger partial charge in [0, 0.05) is 4.91 Å². The molecule has 0 spiro atoms. The van der Waals surface area contributed by atoms with Gasteiger partial charge in [0.15, 0.2) is 0 Å². The van der Waals surface area contributed by atoms with Crippen LogP contribution in [0.15, 0.2) is 29.5 Å². The summed E-state index contributed by atoms with van der Waals surface area (Å²) in [4.78, 5) is 2.64. The zero-order valence-corrected chi connectivity index (χ0v) is 4.73. The summed E-state index contributed by atoms with van der Waals surface area (Å²) < 4.78 is 0. The quantitative estimate of drug-likeness (QED) is 0.318. The molecule has 46 valence electrons. The van der Waals surface area contributed by atoms with E-state index in [-0.39, 0.29) is 6.17 Å². The Balaban J connectivity index is 2.55. The van der Waals surface area contributed by atoms with Crippen molar-refractivity contribution in [3.63, 3.8) is 0 Å². The van der Waals surface area contributed by atoms with Crippen molar-refractivity contribution in [2.24, 2.45) is 5.11 Å². The molecule has 1 unspecified atom stereocenters. The first kappa shape index (κ1) is 5.72. The van der Waals surface area contributed by atoms with Gasteiger partial charge in [-0.05, 0) is 17.8 Å². The van der Waals surface area contributed by atoms with Crippen LogP contribution in [0.25, 0.3) is 10.4 Å². The van der Waals surface area contributed by atoms with Gasteiger partial charge in [-0.15, -0.1) is 0 Å². The van der Waals surface area contributed by atoms with Crippen LogP contribution in [0.2, 0.25) is 0 Å². The number of nitrogens with one attached hydrogen (secondary N) is 1. The van der Waals surface area contributed by atoms with E-state index in [1.807, 2.05) is 12.2 Å². The van der Waals surface area contributed by atoms with Crippen LogP contribution < -0.4 is 5.32 Å². The molecule has 4 heteroatoms. The third-order valence-corrected chi connectivity index (χ3v) is 0.944. The molecule has 0 aromatic heterocycles. The number of hydrogen-bond acceptors (Lipinski definition) is 2. The van der Waals surface area contributed by atoms with E-state index >= 15 is 0 Å². The minimum Gasteiger partial charge on any atom is -0.379 e. The van der Waals surface area contributed by atoms with Crippen LogP contribution in [0.3, 0.4) is 0 Å². The summed E-state index contributed by atoms with van der Waals surface area (Å²) in [6.45, 7) is 0. The fraction of sp³-hybridized carbons (Fsp3) is 0.200. The number of nitrogens with zero attached hydrogens (tertiary/aromatic N) is 3. The van der Waals surface area contributed by atoms with Gasteiger partial charge in [-0.3, -0.25) is 0 Å². The van der Waals surface area contributed by atoms with E-state index in [0.29, 0.717) is 0 Å². The fourth-order valence-electron chi connectivity index (χ4n) is 0.562. The molecule has 9 heavy (non-hydrogen) atoms. The van der Waals surface area contributed by atoms with Gasteiger partial charge in [0.2, 0.25) is 0 Å². The average Bonchev–Trinajstić information content (AvgIpc) is 1.91. The van der Waals surface area contributed by atoms with Gasteiger partial charge >= 0.3 is 0 Å². The zero-order chi connectivity index (χ0) is 6.53. The largest absolute Gasteiger partial charge is 0.379 e. The summed E-state index contributed by atoms with van der Waals surface area (Å²) in [5.41, 5.74) is 7.98. The molecule has 1 aliphatic heterocycles. The van der Waals surface area contributed by atoms with Crippen LogP contribution in [-0.2, 0) is 0 Å². The van der Waals surface area contributed by atoms with E-state index in [1.54, 1.807) is 12.3 Å². The molecule has 0 saturated heterocycles. The third-order valence-electron chi connectivity index (χ3n) is 0.944. The first-order chi connectivity index (χ1) is 4.43. The van der Waals surface area contributed by atoms with Crippen molar-refractivity contribution in [1.82, 2.24) is 5.32 Å². The molecule has 0 amide bonds. The van der Waals surface area contributed by atoms with Crippen molar-refractivity contribution in [2.75, 3.05) is 0 Å². The first-order valence-corrected chi connectivity index (χ1v) is 2.57. The lowest BCUT2D eigenvalue weighted by molar-refractivity contribution is 0.721. The Kier molecular flexibility index (Phi) is 1.77. The molecule has 0 aromatic carbocycles. The molecule has 0 radical (unpaired) electrons. The van der Waals surface area contributed by atoms with Crippen molar-refractivity contribution in [2.45, 2.75) is 6.17 Å². The minimum absolute atomic E-state index is 0.208. The second kappa shape index (κ2) is 2.79. The highest BCUT2D eigenvalue weighted by Gasteiger charge is 1.96. The summed E-state index contributed by atoms with van der Waals surface area (Å²) in [7, 11) is 0. The van der Waals surface area contributed by atoms with Gasteiger partial charge in [-0.1, -0.05) is 17.3 Å². The Bertz CT molecular complexity index is 187. The van der Waals surface area contributed by atoms with Crippen LogP contribution in [0.5, 0.6) is 0 Å². The monoisotopic (exact) mass is 122 g/mol. The average molecular weight is 122 g/mol. The van der Waals surface area contributed by atoms with Crippen LogP contribution >= 0.6 is 0 Å². The molecule has 1 rings (SSSR count). The van der Waals surface area contributed by atoms with Gasteiger partial charge in [0.25, 0.3) is 0 Å². The molecule has 1 aliphatic rings. The van der Waals surface area contributed by atoms with Gasteiger partial charge in [0.05, 0.1) is 0 Å². The zero-order valence-electron chi connectivity index (χ0n) is 4.73. The van der Waals surface area contributed by atoms with Crippen LogP contribution in [0.4, 0.5) is 0 Å². The summed E-state index contributed by atoms with van der Waals surface area (Å²) in [6.07, 6.45) is 6.97. The lowest BCUT2D eigenvalue weighted by Crippen LogP contribution is -2.19. The Hall–Kier alpha value is -1.41. The van der Waals surface area contributed by atoms with Crippen LogP contribution in [0.1, 0.15) is 0 Å². The maximum absolute atomic E-state index is 7.98. The first-order valence-electron chi connectivity index (χ1n) is 2.57. The maximum Gasteiger partial charge on any atom is 0.124 e. The highest BCUT2D eigenvalue weighted by molar-refractivity contribution is 5.11. The van der Waals surface area contributed by atoms with E-state index in [0.717, 1.165) is 0 Å². The van der Waals surface area contributed by atoms with Crippen LogP contribution in [0, 0.1) is 0 Å². The Labute approximate surface area is 52.5 Å². The van der Waals surface area contributed by atoms with Crippen molar-refractivity contribution >= 4 is 0 Å². The normalized spacial score (nSPS) is 22.4. The molecule has 1 heterocycles. The lowest BCUT2D eigenvalue weighted by atomic mass is 10.3. The summed E-state index contributed by atoms with van der Waals surface area (Å²) in [5.74, 6) is 0. The Morgan fingerprint density at radius 3 is 3.00 bits per heavy atom. The molecule has 0 saturated carbocycles. The second-order valence-electron chi connectivity index (χ2n) is 1.56. The minimum atomic E-state index is -0.208. The second-order valence-corrected chi connectivity index (χ2v) is 1.56. The predicted octanol–water partition coefficient (Wildman–Crippen LogP) is 1.30. The molecule has 1 atom stereocenters.